The van der Waals surface area contributed by atoms with Gasteiger partial charge in [0.1, 0.15) is 0 Å². The summed E-state index contributed by atoms with van der Waals surface area (Å²) in [5.74, 6) is 1.27. The molecule has 1 N–H and O–H groups in total. The molecule has 1 aromatic carbocycles. The summed E-state index contributed by atoms with van der Waals surface area (Å²) in [4.78, 5) is 6.86. The van der Waals surface area contributed by atoms with Gasteiger partial charge in [-0.15, -0.1) is 6.58 Å². The Balaban J connectivity index is 1.67. The van der Waals surface area contributed by atoms with Crippen LogP contribution in [-0.2, 0) is 0 Å². The van der Waals surface area contributed by atoms with Gasteiger partial charge in [0.05, 0.1) is 11.6 Å². The van der Waals surface area contributed by atoms with Gasteiger partial charge in [-0.1, -0.05) is 24.3 Å². The van der Waals surface area contributed by atoms with Crippen molar-refractivity contribution in [2.24, 2.45) is 11.8 Å². The fraction of sp³-hybridized carbons (Fsp3) is 0.421. The van der Waals surface area contributed by atoms with Crippen molar-refractivity contribution in [2.45, 2.75) is 25.0 Å². The molecule has 0 radical (unpaired) electrons. The molecular formula is C19H22N2O. The van der Waals surface area contributed by atoms with Gasteiger partial charge in [-0.05, 0) is 48.9 Å². The zero-order valence-electron chi connectivity index (χ0n) is 12.7. The van der Waals surface area contributed by atoms with Gasteiger partial charge < -0.3 is 5.11 Å². The third-order valence-electron chi connectivity index (χ3n) is 5.52. The molecule has 0 spiro atoms. The first-order valence-corrected chi connectivity index (χ1v) is 8.16. The number of hydrogen-bond acceptors (Lipinski definition) is 3. The summed E-state index contributed by atoms with van der Waals surface area (Å²) in [6.07, 6.45) is 5.76. The lowest BCUT2D eigenvalue weighted by Gasteiger charge is -2.50. The normalized spacial score (nSPS) is 32.0. The third-order valence-corrected chi connectivity index (χ3v) is 5.52. The standard InChI is InChI=1S/C19H22N2O/c1-2-13-12-21-10-8-14(13)11-18(21)19(22)16-7-9-20-17-6-4-3-5-15(16)17/h2-7,9,13-14,18-19,22H,1,8,10-12H2/t13-,14-,18?,19+/m0/s1. The van der Waals surface area contributed by atoms with Crippen LogP contribution in [0.1, 0.15) is 24.5 Å². The minimum Gasteiger partial charge on any atom is -0.387 e. The second-order valence-corrected chi connectivity index (χ2v) is 6.61. The molecule has 0 saturated carbocycles. The molecule has 0 aliphatic carbocycles. The van der Waals surface area contributed by atoms with Crippen molar-refractivity contribution in [3.05, 3.63) is 54.7 Å². The van der Waals surface area contributed by atoms with Crippen molar-refractivity contribution in [2.75, 3.05) is 13.1 Å². The Bertz CT molecular complexity index is 693. The van der Waals surface area contributed by atoms with E-state index in [0.29, 0.717) is 11.8 Å². The topological polar surface area (TPSA) is 36.4 Å². The molecule has 5 rings (SSSR count). The first-order chi connectivity index (χ1) is 10.8. The van der Waals surface area contributed by atoms with Gasteiger partial charge in [0.15, 0.2) is 0 Å². The van der Waals surface area contributed by atoms with Gasteiger partial charge in [-0.25, -0.2) is 0 Å². The van der Waals surface area contributed by atoms with Crippen LogP contribution < -0.4 is 0 Å². The zero-order chi connectivity index (χ0) is 15.1. The van der Waals surface area contributed by atoms with Crippen LogP contribution in [0.5, 0.6) is 0 Å². The maximum atomic E-state index is 11.0. The molecule has 3 aliphatic rings. The predicted molar refractivity (Wildman–Crippen MR) is 88.5 cm³/mol. The maximum absolute atomic E-state index is 11.0. The molecule has 22 heavy (non-hydrogen) atoms. The fourth-order valence-electron chi connectivity index (χ4n) is 4.29. The minimum atomic E-state index is -0.443. The quantitative estimate of drug-likeness (QED) is 0.883. The fourth-order valence-corrected chi connectivity index (χ4v) is 4.29. The molecule has 3 aliphatic heterocycles. The van der Waals surface area contributed by atoms with Crippen molar-refractivity contribution in [1.29, 1.82) is 0 Å². The summed E-state index contributed by atoms with van der Waals surface area (Å²) in [6, 6.07) is 10.3. The molecule has 5 atom stereocenters. The van der Waals surface area contributed by atoms with Crippen LogP contribution in [0.4, 0.5) is 0 Å². The molecule has 3 fully saturated rings. The molecule has 3 heteroatoms. The van der Waals surface area contributed by atoms with Crippen LogP contribution in [0, 0.1) is 11.8 Å². The van der Waals surface area contributed by atoms with Crippen molar-refractivity contribution >= 4 is 10.9 Å². The number of rotatable bonds is 3. The van der Waals surface area contributed by atoms with Gasteiger partial charge >= 0.3 is 0 Å². The Morgan fingerprint density at radius 3 is 2.95 bits per heavy atom. The van der Waals surface area contributed by atoms with Crippen LogP contribution in [0.15, 0.2) is 49.2 Å². The van der Waals surface area contributed by atoms with E-state index in [1.807, 2.05) is 30.5 Å². The van der Waals surface area contributed by atoms with Gasteiger partial charge in [0, 0.05) is 24.2 Å². The highest BCUT2D eigenvalue weighted by atomic mass is 16.3. The smallest absolute Gasteiger partial charge is 0.0952 e. The van der Waals surface area contributed by atoms with E-state index in [1.54, 1.807) is 0 Å². The van der Waals surface area contributed by atoms with Crippen molar-refractivity contribution in [3.8, 4) is 0 Å². The van der Waals surface area contributed by atoms with Gasteiger partial charge in [-0.3, -0.25) is 9.88 Å². The number of fused-ring (bicyclic) bond motifs is 4. The molecule has 1 aromatic heterocycles. The van der Waals surface area contributed by atoms with E-state index in [1.165, 1.54) is 6.42 Å². The molecule has 114 valence electrons. The van der Waals surface area contributed by atoms with E-state index in [9.17, 15) is 5.11 Å². The molecular weight excluding hydrogens is 272 g/mol. The van der Waals surface area contributed by atoms with E-state index < -0.39 is 6.10 Å². The molecule has 2 bridgehead atoms. The second-order valence-electron chi connectivity index (χ2n) is 6.61. The first-order valence-electron chi connectivity index (χ1n) is 8.16. The Morgan fingerprint density at radius 1 is 1.32 bits per heavy atom. The maximum Gasteiger partial charge on any atom is 0.0952 e. The second kappa shape index (κ2) is 5.49. The van der Waals surface area contributed by atoms with Crippen molar-refractivity contribution in [1.82, 2.24) is 9.88 Å². The first kappa shape index (κ1) is 13.9. The van der Waals surface area contributed by atoms with Gasteiger partial charge in [0.25, 0.3) is 0 Å². The highest BCUT2D eigenvalue weighted by Gasteiger charge is 2.42. The molecule has 3 nitrogen and oxygen atoms in total. The molecule has 3 saturated heterocycles. The van der Waals surface area contributed by atoms with Crippen LogP contribution in [0.25, 0.3) is 10.9 Å². The molecule has 0 amide bonds. The lowest BCUT2D eigenvalue weighted by atomic mass is 9.73. The molecule has 2 unspecified atom stereocenters. The van der Waals surface area contributed by atoms with E-state index >= 15 is 0 Å². The lowest BCUT2D eigenvalue weighted by molar-refractivity contribution is -0.0444. The Morgan fingerprint density at radius 2 is 2.18 bits per heavy atom. The van der Waals surface area contributed by atoms with Gasteiger partial charge in [0.2, 0.25) is 0 Å². The van der Waals surface area contributed by atoms with E-state index in [2.05, 4.69) is 28.6 Å². The third kappa shape index (κ3) is 2.16. The van der Waals surface area contributed by atoms with Crippen molar-refractivity contribution < 1.29 is 5.11 Å². The SMILES string of the molecule is C=C[C@H]1CN2CC[C@H]1CC2[C@H](O)c1ccnc2ccccc12. The van der Waals surface area contributed by atoms with E-state index in [4.69, 9.17) is 0 Å². The number of benzene rings is 1. The van der Waals surface area contributed by atoms with Crippen LogP contribution in [0.2, 0.25) is 0 Å². The molecule has 2 aromatic rings. The summed E-state index contributed by atoms with van der Waals surface area (Å²) in [5, 5.41) is 12.1. The highest BCUT2D eigenvalue weighted by Crippen LogP contribution is 2.41. The van der Waals surface area contributed by atoms with Crippen LogP contribution >= 0.6 is 0 Å². The monoisotopic (exact) mass is 294 g/mol. The number of pyridine rings is 1. The lowest BCUT2D eigenvalue weighted by Crippen LogP contribution is -2.54. The Hall–Kier alpha value is -1.71. The largest absolute Gasteiger partial charge is 0.387 e. The molecule has 4 heterocycles. The highest BCUT2D eigenvalue weighted by molar-refractivity contribution is 5.82. The average molecular weight is 294 g/mol. The number of para-hydroxylation sites is 1. The average Bonchev–Trinajstić information content (AvgIpc) is 2.60. The van der Waals surface area contributed by atoms with E-state index in [-0.39, 0.29) is 6.04 Å². The Kier molecular flexibility index (Phi) is 3.47. The minimum absolute atomic E-state index is 0.223. The summed E-state index contributed by atoms with van der Waals surface area (Å²) in [6.45, 7) is 6.11. The number of aliphatic hydroxyl groups excluding tert-OH is 1. The number of aromatic nitrogens is 1. The Labute approximate surface area is 131 Å². The zero-order valence-corrected chi connectivity index (χ0v) is 12.7. The van der Waals surface area contributed by atoms with Crippen LogP contribution in [0.3, 0.4) is 0 Å². The summed E-state index contributed by atoms with van der Waals surface area (Å²) < 4.78 is 0. The summed E-state index contributed by atoms with van der Waals surface area (Å²) in [7, 11) is 0. The van der Waals surface area contributed by atoms with Crippen molar-refractivity contribution in [3.63, 3.8) is 0 Å². The number of hydrogen-bond donors (Lipinski definition) is 1. The van der Waals surface area contributed by atoms with Crippen LogP contribution in [-0.4, -0.2) is 34.1 Å². The summed E-state index contributed by atoms with van der Waals surface area (Å²) in [5.41, 5.74) is 1.97. The number of nitrogens with zero attached hydrogens (tertiary/aromatic N) is 2. The van der Waals surface area contributed by atoms with Gasteiger partial charge in [-0.2, -0.15) is 0 Å². The number of aliphatic hydroxyl groups is 1. The summed E-state index contributed by atoms with van der Waals surface area (Å²) >= 11 is 0. The number of piperidine rings is 3. The van der Waals surface area contributed by atoms with E-state index in [0.717, 1.165) is 36.0 Å². The predicted octanol–water partition coefficient (Wildman–Crippen LogP) is 3.16.